The molecule has 0 fully saturated rings. The van der Waals surface area contributed by atoms with Crippen molar-refractivity contribution in [3.63, 3.8) is 0 Å². The van der Waals surface area contributed by atoms with E-state index >= 15 is 0 Å². The van der Waals surface area contributed by atoms with E-state index in [1.807, 2.05) is 29.0 Å². The van der Waals surface area contributed by atoms with E-state index in [0.29, 0.717) is 12.3 Å². The predicted octanol–water partition coefficient (Wildman–Crippen LogP) is 1.49. The van der Waals surface area contributed by atoms with Gasteiger partial charge in [-0.3, -0.25) is 9.59 Å². The standard InChI is InChI=1S/C15H19N3O3/c1-3-21-14(19)9-18-7-6-11-8-12(4-5-13(11)18)17-15(20)10(2)16/h4-8,10H,3,9,16H2,1-2H3,(H,17,20)/t10-/m1/s1. The first-order valence-corrected chi connectivity index (χ1v) is 6.82. The van der Waals surface area contributed by atoms with Crippen LogP contribution in [0.1, 0.15) is 13.8 Å². The number of hydrogen-bond acceptors (Lipinski definition) is 4. The molecule has 112 valence electrons. The van der Waals surface area contributed by atoms with Gasteiger partial charge in [-0.25, -0.2) is 0 Å². The summed E-state index contributed by atoms with van der Waals surface area (Å²) in [5, 5.41) is 3.67. The minimum absolute atomic E-state index is 0.170. The maximum Gasteiger partial charge on any atom is 0.325 e. The lowest BCUT2D eigenvalue weighted by atomic mass is 10.2. The Balaban J connectivity index is 2.19. The molecule has 1 aromatic carbocycles. The quantitative estimate of drug-likeness (QED) is 0.816. The summed E-state index contributed by atoms with van der Waals surface area (Å²) < 4.78 is 6.75. The van der Waals surface area contributed by atoms with Crippen LogP contribution in [-0.2, 0) is 20.9 Å². The van der Waals surface area contributed by atoms with Gasteiger partial charge in [-0.1, -0.05) is 0 Å². The molecule has 1 heterocycles. The number of esters is 1. The highest BCUT2D eigenvalue weighted by Gasteiger charge is 2.10. The van der Waals surface area contributed by atoms with Crippen LogP contribution in [0.2, 0.25) is 0 Å². The summed E-state index contributed by atoms with van der Waals surface area (Å²) in [6, 6.07) is 6.80. The molecule has 0 saturated heterocycles. The highest BCUT2D eigenvalue weighted by atomic mass is 16.5. The van der Waals surface area contributed by atoms with Crippen molar-refractivity contribution in [1.29, 1.82) is 0 Å². The Kier molecular flexibility index (Phi) is 4.59. The van der Waals surface area contributed by atoms with Crippen molar-refractivity contribution in [3.8, 4) is 0 Å². The Bertz CT molecular complexity index is 661. The zero-order chi connectivity index (χ0) is 15.4. The Hall–Kier alpha value is -2.34. The van der Waals surface area contributed by atoms with Gasteiger partial charge in [-0.15, -0.1) is 0 Å². The molecule has 1 atom stereocenters. The minimum Gasteiger partial charge on any atom is -0.465 e. The van der Waals surface area contributed by atoms with Gasteiger partial charge in [0.2, 0.25) is 5.91 Å². The van der Waals surface area contributed by atoms with Crippen molar-refractivity contribution in [2.45, 2.75) is 26.4 Å². The lowest BCUT2D eigenvalue weighted by Crippen LogP contribution is -2.32. The van der Waals surface area contributed by atoms with Crippen LogP contribution in [0.4, 0.5) is 5.69 Å². The molecule has 0 aliphatic carbocycles. The summed E-state index contributed by atoms with van der Waals surface area (Å²) >= 11 is 0. The van der Waals surface area contributed by atoms with Crippen molar-refractivity contribution >= 4 is 28.5 Å². The average molecular weight is 289 g/mol. The summed E-state index contributed by atoms with van der Waals surface area (Å²) in [5.41, 5.74) is 7.10. The summed E-state index contributed by atoms with van der Waals surface area (Å²) in [5.74, 6) is -0.510. The first-order chi connectivity index (χ1) is 10.0. The third-order valence-corrected chi connectivity index (χ3v) is 3.06. The van der Waals surface area contributed by atoms with Gasteiger partial charge in [0.15, 0.2) is 0 Å². The molecule has 0 bridgehead atoms. The number of ether oxygens (including phenoxy) is 1. The third kappa shape index (κ3) is 3.61. The van der Waals surface area contributed by atoms with Crippen molar-refractivity contribution in [3.05, 3.63) is 30.5 Å². The second kappa shape index (κ2) is 6.41. The fraction of sp³-hybridized carbons (Fsp3) is 0.333. The molecule has 0 saturated carbocycles. The van der Waals surface area contributed by atoms with Gasteiger partial charge in [0.25, 0.3) is 0 Å². The average Bonchev–Trinajstić information content (AvgIpc) is 2.81. The first-order valence-electron chi connectivity index (χ1n) is 6.82. The number of benzene rings is 1. The topological polar surface area (TPSA) is 86.3 Å². The number of amides is 1. The second-order valence-corrected chi connectivity index (χ2v) is 4.80. The van der Waals surface area contributed by atoms with Crippen molar-refractivity contribution in [2.75, 3.05) is 11.9 Å². The largest absolute Gasteiger partial charge is 0.465 e. The van der Waals surface area contributed by atoms with Crippen LogP contribution in [0.25, 0.3) is 10.9 Å². The maximum atomic E-state index is 11.6. The molecule has 0 aliphatic heterocycles. The Morgan fingerprint density at radius 2 is 2.14 bits per heavy atom. The molecule has 0 spiro atoms. The highest BCUT2D eigenvalue weighted by molar-refractivity contribution is 5.96. The SMILES string of the molecule is CCOC(=O)Cn1ccc2cc(NC(=O)[C@@H](C)N)ccc21. The van der Waals surface area contributed by atoms with Gasteiger partial charge in [-0.05, 0) is 38.1 Å². The number of aromatic nitrogens is 1. The van der Waals surface area contributed by atoms with E-state index in [0.717, 1.165) is 10.9 Å². The molecule has 6 nitrogen and oxygen atoms in total. The molecular formula is C15H19N3O3. The monoisotopic (exact) mass is 289 g/mol. The molecule has 3 N–H and O–H groups in total. The number of hydrogen-bond donors (Lipinski definition) is 2. The highest BCUT2D eigenvalue weighted by Crippen LogP contribution is 2.20. The molecule has 21 heavy (non-hydrogen) atoms. The lowest BCUT2D eigenvalue weighted by molar-refractivity contribution is -0.143. The zero-order valence-corrected chi connectivity index (χ0v) is 12.1. The molecule has 2 aromatic rings. The van der Waals surface area contributed by atoms with Crippen molar-refractivity contribution in [1.82, 2.24) is 4.57 Å². The Labute approximate surface area is 122 Å². The van der Waals surface area contributed by atoms with E-state index in [-0.39, 0.29) is 18.4 Å². The van der Waals surface area contributed by atoms with Crippen LogP contribution in [0.5, 0.6) is 0 Å². The van der Waals surface area contributed by atoms with Gasteiger partial charge in [0.1, 0.15) is 6.54 Å². The maximum absolute atomic E-state index is 11.6. The van der Waals surface area contributed by atoms with E-state index in [1.165, 1.54) is 0 Å². The second-order valence-electron chi connectivity index (χ2n) is 4.80. The van der Waals surface area contributed by atoms with Crippen LogP contribution < -0.4 is 11.1 Å². The molecule has 1 amide bonds. The van der Waals surface area contributed by atoms with Crippen LogP contribution in [0.3, 0.4) is 0 Å². The molecule has 2 rings (SSSR count). The Morgan fingerprint density at radius 3 is 2.81 bits per heavy atom. The molecule has 6 heteroatoms. The fourth-order valence-electron chi connectivity index (χ4n) is 2.02. The Morgan fingerprint density at radius 1 is 1.38 bits per heavy atom. The summed E-state index contributed by atoms with van der Waals surface area (Å²) in [7, 11) is 0. The van der Waals surface area contributed by atoms with Crippen LogP contribution in [0.15, 0.2) is 30.5 Å². The minimum atomic E-state index is -0.561. The van der Waals surface area contributed by atoms with Crippen molar-refractivity contribution in [2.24, 2.45) is 5.73 Å². The van der Waals surface area contributed by atoms with Crippen LogP contribution in [-0.4, -0.2) is 29.1 Å². The number of rotatable bonds is 5. The smallest absolute Gasteiger partial charge is 0.325 e. The van der Waals surface area contributed by atoms with E-state index in [4.69, 9.17) is 10.5 Å². The molecule has 0 unspecified atom stereocenters. The molecule has 0 radical (unpaired) electrons. The molecular weight excluding hydrogens is 270 g/mol. The number of fused-ring (bicyclic) bond motifs is 1. The van der Waals surface area contributed by atoms with Crippen molar-refractivity contribution < 1.29 is 14.3 Å². The van der Waals surface area contributed by atoms with Crippen LogP contribution >= 0.6 is 0 Å². The number of nitrogens with one attached hydrogen (secondary N) is 1. The predicted molar refractivity (Wildman–Crippen MR) is 80.9 cm³/mol. The summed E-state index contributed by atoms with van der Waals surface area (Å²) in [4.78, 5) is 23.1. The van der Waals surface area contributed by atoms with Gasteiger partial charge in [0.05, 0.1) is 12.6 Å². The first kappa shape index (κ1) is 15.1. The number of carbonyl (C=O) groups is 2. The van der Waals surface area contributed by atoms with Crippen LogP contribution in [0, 0.1) is 0 Å². The zero-order valence-electron chi connectivity index (χ0n) is 12.1. The van der Waals surface area contributed by atoms with E-state index in [2.05, 4.69) is 5.32 Å². The number of nitrogens with zero attached hydrogens (tertiary/aromatic N) is 1. The summed E-state index contributed by atoms with van der Waals surface area (Å²) in [6.07, 6.45) is 1.82. The van der Waals surface area contributed by atoms with Gasteiger partial charge in [-0.2, -0.15) is 0 Å². The number of anilines is 1. The van der Waals surface area contributed by atoms with E-state index in [9.17, 15) is 9.59 Å². The summed E-state index contributed by atoms with van der Waals surface area (Å²) in [6.45, 7) is 3.94. The van der Waals surface area contributed by atoms with Gasteiger partial charge in [0, 0.05) is 22.8 Å². The fourth-order valence-corrected chi connectivity index (χ4v) is 2.02. The molecule has 1 aromatic heterocycles. The van der Waals surface area contributed by atoms with Gasteiger partial charge >= 0.3 is 5.97 Å². The third-order valence-electron chi connectivity index (χ3n) is 3.06. The van der Waals surface area contributed by atoms with Gasteiger partial charge < -0.3 is 20.4 Å². The normalized spacial score (nSPS) is 12.1. The number of carbonyl (C=O) groups excluding carboxylic acids is 2. The van der Waals surface area contributed by atoms with E-state index < -0.39 is 6.04 Å². The number of nitrogens with two attached hydrogens (primary N) is 1. The van der Waals surface area contributed by atoms with E-state index in [1.54, 1.807) is 19.9 Å². The molecule has 0 aliphatic rings. The lowest BCUT2D eigenvalue weighted by Gasteiger charge is -2.09.